The minimum absolute atomic E-state index is 0.0589. The van der Waals surface area contributed by atoms with Crippen molar-refractivity contribution >= 4 is 5.91 Å². The zero-order valence-corrected chi connectivity index (χ0v) is 15.9. The number of carbonyl (C=O) groups excluding carboxylic acids is 1. The van der Waals surface area contributed by atoms with Crippen LogP contribution in [0.4, 0.5) is 0 Å². The second-order valence-corrected chi connectivity index (χ2v) is 6.01. The normalized spacial score (nSPS) is 11.8. The highest BCUT2D eigenvalue weighted by Gasteiger charge is 2.21. The van der Waals surface area contributed by atoms with E-state index in [2.05, 4.69) is 5.32 Å². The number of carbonyl (C=O) groups is 1. The molecule has 26 heavy (non-hydrogen) atoms. The summed E-state index contributed by atoms with van der Waals surface area (Å²) in [6.07, 6.45) is 0. The Hall–Kier alpha value is -2.73. The van der Waals surface area contributed by atoms with Crippen LogP contribution in [-0.2, 0) is 0 Å². The van der Waals surface area contributed by atoms with E-state index in [1.54, 1.807) is 33.5 Å². The highest BCUT2D eigenvalue weighted by molar-refractivity contribution is 5.94. The summed E-state index contributed by atoms with van der Waals surface area (Å²) in [6.45, 7) is 0.444. The standard InChI is InChI=1S/C20H26N2O4/c1-22(2)16(13-21-20(23)14-9-7-6-8-10-14)15-11-17(24-3)19(26-5)18(12-15)25-4/h6-12,16H,13H2,1-5H3,(H,21,23). The Balaban J connectivity index is 2.25. The number of rotatable bonds is 8. The van der Waals surface area contributed by atoms with Crippen LogP contribution in [0.15, 0.2) is 42.5 Å². The molecule has 0 aliphatic heterocycles. The molecule has 1 atom stereocenters. The van der Waals surface area contributed by atoms with Gasteiger partial charge >= 0.3 is 0 Å². The van der Waals surface area contributed by atoms with Crippen LogP contribution in [0, 0.1) is 0 Å². The Bertz CT molecular complexity index is 707. The first-order valence-electron chi connectivity index (χ1n) is 8.31. The number of amides is 1. The topological polar surface area (TPSA) is 60.0 Å². The van der Waals surface area contributed by atoms with Gasteiger partial charge in [-0.2, -0.15) is 0 Å². The molecule has 0 fully saturated rings. The van der Waals surface area contributed by atoms with Crippen LogP contribution in [0.1, 0.15) is 22.0 Å². The van der Waals surface area contributed by atoms with Gasteiger partial charge in [-0.1, -0.05) is 18.2 Å². The average molecular weight is 358 g/mol. The molecule has 0 bridgehead atoms. The highest BCUT2D eigenvalue weighted by Crippen LogP contribution is 2.40. The quantitative estimate of drug-likeness (QED) is 0.786. The number of nitrogens with zero attached hydrogens (tertiary/aromatic N) is 1. The Morgan fingerprint density at radius 1 is 1.00 bits per heavy atom. The van der Waals surface area contributed by atoms with Crippen molar-refractivity contribution in [2.45, 2.75) is 6.04 Å². The van der Waals surface area contributed by atoms with Crippen molar-refractivity contribution in [2.24, 2.45) is 0 Å². The van der Waals surface area contributed by atoms with Crippen molar-refractivity contribution in [3.8, 4) is 17.2 Å². The second kappa shape index (κ2) is 9.10. The maximum absolute atomic E-state index is 12.4. The van der Waals surface area contributed by atoms with Crippen molar-refractivity contribution < 1.29 is 19.0 Å². The fraction of sp³-hybridized carbons (Fsp3) is 0.350. The number of benzene rings is 2. The number of hydrogen-bond acceptors (Lipinski definition) is 5. The van der Waals surface area contributed by atoms with Gasteiger partial charge in [0.1, 0.15) is 0 Å². The summed E-state index contributed by atoms with van der Waals surface area (Å²) in [5, 5.41) is 2.99. The number of ether oxygens (including phenoxy) is 3. The monoisotopic (exact) mass is 358 g/mol. The Kier molecular flexibility index (Phi) is 6.86. The molecule has 2 aromatic carbocycles. The van der Waals surface area contributed by atoms with Crippen LogP contribution >= 0.6 is 0 Å². The molecule has 0 spiro atoms. The van der Waals surface area contributed by atoms with E-state index >= 15 is 0 Å². The third kappa shape index (κ3) is 4.46. The van der Waals surface area contributed by atoms with E-state index in [0.717, 1.165) is 5.56 Å². The first kappa shape index (κ1) is 19.6. The number of methoxy groups -OCH3 is 3. The lowest BCUT2D eigenvalue weighted by Crippen LogP contribution is -2.34. The molecule has 1 amide bonds. The predicted octanol–water partition coefficient (Wildman–Crippen LogP) is 2.75. The highest BCUT2D eigenvalue weighted by atomic mass is 16.5. The summed E-state index contributed by atoms with van der Waals surface area (Å²) in [6, 6.07) is 12.9. The van der Waals surface area contributed by atoms with Gasteiger partial charge in [-0.3, -0.25) is 4.79 Å². The van der Waals surface area contributed by atoms with E-state index in [-0.39, 0.29) is 11.9 Å². The lowest BCUT2D eigenvalue weighted by molar-refractivity contribution is 0.0942. The van der Waals surface area contributed by atoms with E-state index < -0.39 is 0 Å². The molecule has 1 unspecified atom stereocenters. The summed E-state index contributed by atoms with van der Waals surface area (Å²) in [5.41, 5.74) is 1.59. The van der Waals surface area contributed by atoms with Crippen LogP contribution in [0.2, 0.25) is 0 Å². The Labute approximate surface area is 154 Å². The Morgan fingerprint density at radius 3 is 2.04 bits per heavy atom. The molecule has 6 heteroatoms. The molecule has 0 aliphatic rings. The van der Waals surface area contributed by atoms with E-state index in [0.29, 0.717) is 29.4 Å². The second-order valence-electron chi connectivity index (χ2n) is 6.01. The molecule has 0 saturated heterocycles. The summed E-state index contributed by atoms with van der Waals surface area (Å²) in [7, 11) is 8.67. The smallest absolute Gasteiger partial charge is 0.251 e. The van der Waals surface area contributed by atoms with Crippen molar-refractivity contribution in [3.05, 3.63) is 53.6 Å². The third-order valence-electron chi connectivity index (χ3n) is 4.19. The van der Waals surface area contributed by atoms with Crippen molar-refractivity contribution in [1.82, 2.24) is 10.2 Å². The van der Waals surface area contributed by atoms with E-state index in [9.17, 15) is 4.79 Å². The van der Waals surface area contributed by atoms with Gasteiger partial charge in [0.05, 0.1) is 27.4 Å². The molecule has 0 saturated carbocycles. The first-order valence-corrected chi connectivity index (χ1v) is 8.31. The molecule has 2 aromatic rings. The van der Waals surface area contributed by atoms with Crippen molar-refractivity contribution in [3.63, 3.8) is 0 Å². The number of likely N-dealkylation sites (N-methyl/N-ethyl adjacent to an activating group) is 1. The van der Waals surface area contributed by atoms with E-state index in [1.165, 1.54) is 0 Å². The molecule has 0 aromatic heterocycles. The molecule has 1 N–H and O–H groups in total. The molecule has 0 heterocycles. The van der Waals surface area contributed by atoms with Crippen LogP contribution in [0.3, 0.4) is 0 Å². The molecule has 0 radical (unpaired) electrons. The first-order chi connectivity index (χ1) is 12.5. The van der Waals surface area contributed by atoms with Gasteiger partial charge in [0, 0.05) is 12.1 Å². The predicted molar refractivity (Wildman–Crippen MR) is 101 cm³/mol. The van der Waals surface area contributed by atoms with Gasteiger partial charge in [0.15, 0.2) is 11.5 Å². The molecule has 6 nitrogen and oxygen atoms in total. The van der Waals surface area contributed by atoms with Gasteiger partial charge in [-0.15, -0.1) is 0 Å². The molecular formula is C20H26N2O4. The molecular weight excluding hydrogens is 332 g/mol. The zero-order valence-electron chi connectivity index (χ0n) is 15.9. The van der Waals surface area contributed by atoms with Crippen LogP contribution in [0.25, 0.3) is 0 Å². The summed E-state index contributed by atoms with van der Waals surface area (Å²) < 4.78 is 16.2. The fourth-order valence-electron chi connectivity index (χ4n) is 2.77. The van der Waals surface area contributed by atoms with Crippen LogP contribution < -0.4 is 19.5 Å². The molecule has 0 aliphatic carbocycles. The largest absolute Gasteiger partial charge is 0.493 e. The van der Waals surface area contributed by atoms with Crippen molar-refractivity contribution in [2.75, 3.05) is 42.0 Å². The zero-order chi connectivity index (χ0) is 19.1. The van der Waals surface area contributed by atoms with Crippen LogP contribution in [0.5, 0.6) is 17.2 Å². The maximum atomic E-state index is 12.4. The minimum Gasteiger partial charge on any atom is -0.493 e. The molecule has 140 valence electrons. The number of nitrogens with one attached hydrogen (secondary N) is 1. The van der Waals surface area contributed by atoms with Gasteiger partial charge in [0.2, 0.25) is 5.75 Å². The SMILES string of the molecule is COc1cc(C(CNC(=O)c2ccccc2)N(C)C)cc(OC)c1OC. The van der Waals surface area contributed by atoms with Gasteiger partial charge in [-0.05, 0) is 43.9 Å². The summed E-state index contributed by atoms with van der Waals surface area (Å²) in [5.74, 6) is 1.61. The van der Waals surface area contributed by atoms with Gasteiger partial charge in [0.25, 0.3) is 5.91 Å². The van der Waals surface area contributed by atoms with Crippen molar-refractivity contribution in [1.29, 1.82) is 0 Å². The lowest BCUT2D eigenvalue weighted by Gasteiger charge is -2.26. The minimum atomic E-state index is -0.107. The maximum Gasteiger partial charge on any atom is 0.251 e. The lowest BCUT2D eigenvalue weighted by atomic mass is 10.0. The fourth-order valence-corrected chi connectivity index (χ4v) is 2.77. The molecule has 2 rings (SSSR count). The van der Waals surface area contributed by atoms with E-state index in [4.69, 9.17) is 14.2 Å². The summed E-state index contributed by atoms with van der Waals surface area (Å²) in [4.78, 5) is 14.4. The van der Waals surface area contributed by atoms with Gasteiger partial charge < -0.3 is 24.4 Å². The Morgan fingerprint density at radius 2 is 1.58 bits per heavy atom. The van der Waals surface area contributed by atoms with Crippen LogP contribution in [-0.4, -0.2) is 52.8 Å². The van der Waals surface area contributed by atoms with E-state index in [1.807, 2.05) is 49.3 Å². The average Bonchev–Trinajstić information content (AvgIpc) is 2.67. The summed E-state index contributed by atoms with van der Waals surface area (Å²) >= 11 is 0. The third-order valence-corrected chi connectivity index (χ3v) is 4.19. The number of hydrogen-bond donors (Lipinski definition) is 1. The van der Waals surface area contributed by atoms with Gasteiger partial charge in [-0.25, -0.2) is 0 Å².